The molecule has 0 aromatic carbocycles. The quantitative estimate of drug-likeness (QED) is 0.0973. The lowest BCUT2D eigenvalue weighted by molar-refractivity contribution is -0.315. The van der Waals surface area contributed by atoms with Gasteiger partial charge in [-0.15, -0.1) is 0 Å². The van der Waals surface area contributed by atoms with Gasteiger partial charge in [0.1, 0.15) is 39.6 Å². The summed E-state index contributed by atoms with van der Waals surface area (Å²) in [5.41, 5.74) is -4.28. The maximum Gasteiger partial charge on any atom is 0.330 e. The Balaban J connectivity index is 0.000000281. The molecule has 29 heteroatoms. The molecule has 64 heavy (non-hydrogen) atoms. The number of aromatic amines is 2. The second-order valence-corrected chi connectivity index (χ2v) is 24.3. The fourth-order valence-electron chi connectivity index (χ4n) is 6.44. The van der Waals surface area contributed by atoms with Gasteiger partial charge in [-0.1, -0.05) is 42.9 Å². The van der Waals surface area contributed by atoms with Crippen LogP contribution in [0.5, 0.6) is 0 Å². The Morgan fingerprint density at radius 1 is 0.656 bits per heavy atom. The predicted molar refractivity (Wildman–Crippen MR) is 213 cm³/mol. The molecule has 0 amide bonds. The van der Waals surface area contributed by atoms with E-state index in [0.29, 0.717) is 0 Å². The van der Waals surface area contributed by atoms with Crippen molar-refractivity contribution in [3.8, 4) is 0 Å². The van der Waals surface area contributed by atoms with Crippen molar-refractivity contribution in [3.63, 3.8) is 0 Å². The SMILES string of the molecule is COCCOC1C(OP(=O)([O-])C(C)C)C(CCP(=O)([O-])[O-])OC1n1cc(C)c(=O)[nH]c1=O.Cc1cn(C2OC(CCP(=O)([O-])[O-])C(OP(=O)([O-])C(C)C)C2OCC2CC2)c(=O)[nH]c1=O. The lowest BCUT2D eigenvalue weighted by Gasteiger charge is -2.35. The largest absolute Gasteiger partial charge is 0.811 e. The normalized spacial score (nSPS) is 27.0. The molecule has 2 aromatic heterocycles. The third-order valence-electron chi connectivity index (χ3n) is 10.4. The van der Waals surface area contributed by atoms with Crippen molar-refractivity contribution in [2.75, 3.05) is 39.3 Å². The Bertz CT molecular complexity index is 2330. The van der Waals surface area contributed by atoms with Crippen LogP contribution in [0.15, 0.2) is 31.6 Å². The van der Waals surface area contributed by atoms with Crippen molar-refractivity contribution in [1.29, 1.82) is 0 Å². The summed E-state index contributed by atoms with van der Waals surface area (Å²) in [5, 5.41) is 0. The van der Waals surface area contributed by atoms with Gasteiger partial charge in [0.15, 0.2) is 12.5 Å². The number of hydrogen-bond donors (Lipinski definition) is 2. The second kappa shape index (κ2) is 22.2. The van der Waals surface area contributed by atoms with Crippen LogP contribution in [0.25, 0.3) is 0 Å². The first-order chi connectivity index (χ1) is 29.5. The Morgan fingerprint density at radius 3 is 1.39 bits per heavy atom. The van der Waals surface area contributed by atoms with Gasteiger partial charge in [0.05, 0.1) is 32.0 Å². The Hall–Kier alpha value is -2.24. The van der Waals surface area contributed by atoms with Crippen LogP contribution in [0.4, 0.5) is 0 Å². The molecule has 10 atom stereocenters. The van der Waals surface area contributed by atoms with Crippen LogP contribution in [-0.4, -0.2) is 106 Å². The van der Waals surface area contributed by atoms with Crippen LogP contribution < -0.4 is 51.9 Å². The molecule has 3 fully saturated rings. The molecule has 25 nitrogen and oxygen atoms in total. The standard InChI is InChI=1S/C18H30N2O10P2.C17H30N2O11P2/c1-10(2)32(26,27)30-14-13(6-7-31(23,24)25)29-17(15(14)28-9-12-4-5-12)20-8-11(3)16(21)19-18(20)22;1-10(2)32(25,26)30-13-12(5-8-31(22,23)24)29-16(14(13)28-7-6-27-4)19-9-11(3)15(20)18-17(19)21/h8,10,12-15,17H,4-7,9H2,1-3H3,(H,26,27)(H,19,21,22)(H2,23,24,25);9-10,12-14,16H,5-8H2,1-4H3,(H,25,26)(H,18,20,21)(H2,22,23,24)/p-6. The molecular formula is C35H54N4O21P4-6. The summed E-state index contributed by atoms with van der Waals surface area (Å²) in [7, 11) is -17.3. The van der Waals surface area contributed by atoms with E-state index in [4.69, 9.17) is 32.7 Å². The van der Waals surface area contributed by atoms with E-state index >= 15 is 0 Å². The molecule has 2 aliphatic heterocycles. The molecule has 2 N–H and O–H groups in total. The van der Waals surface area contributed by atoms with Gasteiger partial charge in [-0.3, -0.25) is 28.7 Å². The highest BCUT2D eigenvalue weighted by atomic mass is 31.2. The first kappa shape index (κ1) is 54.4. The number of nitrogens with one attached hydrogen (secondary N) is 2. The highest BCUT2D eigenvalue weighted by molar-refractivity contribution is 7.52. The van der Waals surface area contributed by atoms with Gasteiger partial charge in [-0.05, 0) is 57.8 Å². The third-order valence-corrected chi connectivity index (χ3v) is 15.6. The molecule has 0 radical (unpaired) electrons. The number of nitrogens with zero attached hydrogens (tertiary/aromatic N) is 2. The molecule has 4 heterocycles. The van der Waals surface area contributed by atoms with E-state index in [0.717, 1.165) is 22.0 Å². The Kier molecular flexibility index (Phi) is 18.9. The summed E-state index contributed by atoms with van der Waals surface area (Å²) >= 11 is 0. The van der Waals surface area contributed by atoms with Crippen molar-refractivity contribution in [2.24, 2.45) is 5.92 Å². The van der Waals surface area contributed by atoms with Gasteiger partial charge < -0.3 is 80.4 Å². The minimum Gasteiger partial charge on any atom is -0.811 e. The van der Waals surface area contributed by atoms with Crippen molar-refractivity contribution in [3.05, 3.63) is 65.2 Å². The molecule has 1 aliphatic carbocycles. The minimum atomic E-state index is -4.94. The number of hydrogen-bond acceptors (Lipinski definition) is 21. The van der Waals surface area contributed by atoms with Crippen LogP contribution >= 0.6 is 30.4 Å². The van der Waals surface area contributed by atoms with E-state index in [-0.39, 0.29) is 49.7 Å². The highest BCUT2D eigenvalue weighted by Gasteiger charge is 2.51. The molecule has 10 unspecified atom stereocenters. The Morgan fingerprint density at radius 2 is 1.05 bits per heavy atom. The van der Waals surface area contributed by atoms with E-state index in [1.54, 1.807) is 0 Å². The molecule has 0 bridgehead atoms. The van der Waals surface area contributed by atoms with Crippen LogP contribution in [-0.2, 0) is 51.0 Å². The molecule has 366 valence electrons. The van der Waals surface area contributed by atoms with Crippen LogP contribution in [0.2, 0.25) is 0 Å². The summed E-state index contributed by atoms with van der Waals surface area (Å²) in [6.45, 7) is 8.93. The molecule has 5 rings (SSSR count). The van der Waals surface area contributed by atoms with Crippen molar-refractivity contribution in [2.45, 2.75) is 128 Å². The van der Waals surface area contributed by atoms with Gasteiger partial charge in [-0.2, -0.15) is 0 Å². The van der Waals surface area contributed by atoms with E-state index < -0.39 is 126 Å². The topological polar surface area (TPSA) is 381 Å². The first-order valence-electron chi connectivity index (χ1n) is 20.2. The van der Waals surface area contributed by atoms with Crippen LogP contribution in [0.1, 0.15) is 77.0 Å². The lowest BCUT2D eigenvalue weighted by Crippen LogP contribution is -2.42. The summed E-state index contributed by atoms with van der Waals surface area (Å²) < 4.78 is 88.5. The summed E-state index contributed by atoms with van der Waals surface area (Å²) in [4.78, 5) is 122. The number of ether oxygens (including phenoxy) is 5. The van der Waals surface area contributed by atoms with E-state index in [9.17, 15) is 66.8 Å². The fourth-order valence-corrected chi connectivity index (χ4v) is 9.26. The molecule has 3 aliphatic rings. The third kappa shape index (κ3) is 15.1. The average molecular weight is 991 g/mol. The number of aromatic nitrogens is 4. The minimum absolute atomic E-state index is 0.0306. The van der Waals surface area contributed by atoms with Gasteiger partial charge in [0.2, 0.25) is 0 Å². The fraction of sp³-hybridized carbons (Fsp3) is 0.771. The van der Waals surface area contributed by atoms with E-state index in [1.807, 2.05) is 0 Å². The van der Waals surface area contributed by atoms with Crippen molar-refractivity contribution in [1.82, 2.24) is 19.1 Å². The molecular weight excluding hydrogens is 936 g/mol. The number of H-pyrrole nitrogens is 2. The number of aryl methyl sites for hydroxylation is 2. The van der Waals surface area contributed by atoms with Gasteiger partial charge in [0, 0.05) is 41.9 Å². The molecule has 2 saturated heterocycles. The van der Waals surface area contributed by atoms with Gasteiger partial charge >= 0.3 is 11.4 Å². The van der Waals surface area contributed by atoms with Crippen molar-refractivity contribution >= 4 is 30.4 Å². The summed E-state index contributed by atoms with van der Waals surface area (Å²) in [6, 6.07) is 0. The number of methoxy groups -OCH3 is 1. The predicted octanol–water partition coefficient (Wildman–Crippen LogP) is -2.39. The molecule has 0 spiro atoms. The monoisotopic (exact) mass is 990 g/mol. The maximum absolute atomic E-state index is 12.5. The average Bonchev–Trinajstić information content (AvgIpc) is 3.87. The highest BCUT2D eigenvalue weighted by Crippen LogP contribution is 2.51. The van der Waals surface area contributed by atoms with Gasteiger partial charge in [0.25, 0.3) is 11.1 Å². The second-order valence-electron chi connectivity index (χ2n) is 16.3. The summed E-state index contributed by atoms with van der Waals surface area (Å²) in [5.74, 6) is 0.275. The van der Waals surface area contributed by atoms with E-state index in [2.05, 4.69) is 9.97 Å². The maximum atomic E-state index is 12.5. The van der Waals surface area contributed by atoms with E-state index in [1.165, 1.54) is 61.0 Å². The van der Waals surface area contributed by atoms with Gasteiger partial charge in [-0.25, -0.2) is 9.59 Å². The molecule has 2 aromatic rings. The molecule has 1 saturated carbocycles. The summed E-state index contributed by atoms with van der Waals surface area (Å²) in [6.07, 6.45) is -7.75. The zero-order chi connectivity index (χ0) is 48.1. The van der Waals surface area contributed by atoms with Crippen LogP contribution in [0, 0.1) is 19.8 Å². The smallest absolute Gasteiger partial charge is 0.330 e. The van der Waals surface area contributed by atoms with Crippen LogP contribution in [0.3, 0.4) is 0 Å². The zero-order valence-corrected chi connectivity index (χ0v) is 39.7. The Labute approximate surface area is 367 Å². The first-order valence-corrected chi connectivity index (χ1v) is 26.9. The zero-order valence-electron chi connectivity index (χ0n) is 36.1. The van der Waals surface area contributed by atoms with Crippen molar-refractivity contribution < 1.29 is 80.4 Å². The lowest BCUT2D eigenvalue weighted by atomic mass is 10.1. The number of rotatable bonds is 21.